The van der Waals surface area contributed by atoms with Crippen molar-refractivity contribution in [2.75, 3.05) is 6.54 Å². The van der Waals surface area contributed by atoms with E-state index in [4.69, 9.17) is 0 Å². The Balaban J connectivity index is 2.04. The van der Waals surface area contributed by atoms with Crippen LogP contribution in [0, 0.1) is 5.82 Å². The van der Waals surface area contributed by atoms with Gasteiger partial charge in [-0.15, -0.1) is 11.3 Å². The highest BCUT2D eigenvalue weighted by molar-refractivity contribution is 7.18. The molecule has 1 N–H and O–H groups in total. The molecule has 1 aromatic heterocycles. The Kier molecular flexibility index (Phi) is 2.41. The zero-order valence-corrected chi connectivity index (χ0v) is 9.85. The van der Waals surface area contributed by atoms with Gasteiger partial charge in [0.1, 0.15) is 5.82 Å². The van der Waals surface area contributed by atoms with Crippen molar-refractivity contribution in [3.05, 3.63) is 29.0 Å². The van der Waals surface area contributed by atoms with E-state index in [1.807, 2.05) is 0 Å². The monoisotopic (exact) mass is 236 g/mol. The fourth-order valence-corrected chi connectivity index (χ4v) is 3.50. The van der Waals surface area contributed by atoms with Crippen LogP contribution in [0.3, 0.4) is 0 Å². The largest absolute Gasteiger partial charge is 0.314 e. The first-order chi connectivity index (χ1) is 7.74. The Morgan fingerprint density at radius 1 is 1.50 bits per heavy atom. The van der Waals surface area contributed by atoms with Gasteiger partial charge in [0.15, 0.2) is 0 Å². The minimum absolute atomic E-state index is 0.180. The Morgan fingerprint density at radius 3 is 3.12 bits per heavy atom. The van der Waals surface area contributed by atoms with E-state index in [0.29, 0.717) is 12.0 Å². The van der Waals surface area contributed by atoms with Gasteiger partial charge in [-0.25, -0.2) is 9.37 Å². The minimum Gasteiger partial charge on any atom is -0.314 e. The number of fused-ring (bicyclic) bond motifs is 1. The van der Waals surface area contributed by atoms with Crippen molar-refractivity contribution >= 4 is 21.6 Å². The van der Waals surface area contributed by atoms with Crippen LogP contribution in [-0.2, 0) is 0 Å². The van der Waals surface area contributed by atoms with E-state index in [1.165, 1.54) is 6.07 Å². The van der Waals surface area contributed by atoms with Crippen molar-refractivity contribution in [3.63, 3.8) is 0 Å². The molecule has 2 atom stereocenters. The van der Waals surface area contributed by atoms with Crippen molar-refractivity contribution in [1.29, 1.82) is 0 Å². The first kappa shape index (κ1) is 10.2. The Labute approximate surface area is 97.5 Å². The van der Waals surface area contributed by atoms with Gasteiger partial charge in [-0.3, -0.25) is 0 Å². The van der Waals surface area contributed by atoms with E-state index in [0.717, 1.165) is 28.2 Å². The summed E-state index contributed by atoms with van der Waals surface area (Å²) in [7, 11) is 0. The van der Waals surface area contributed by atoms with Gasteiger partial charge in [-0.2, -0.15) is 0 Å². The van der Waals surface area contributed by atoms with Gasteiger partial charge in [-0.1, -0.05) is 0 Å². The van der Waals surface area contributed by atoms with Crippen LogP contribution in [0.15, 0.2) is 18.2 Å². The molecule has 0 saturated carbocycles. The zero-order valence-electron chi connectivity index (χ0n) is 9.03. The molecule has 1 saturated heterocycles. The summed E-state index contributed by atoms with van der Waals surface area (Å²) < 4.78 is 14.0. The number of aromatic nitrogens is 1. The molecule has 84 valence electrons. The number of benzene rings is 1. The molecular formula is C12H13FN2S. The number of nitrogens with one attached hydrogen (secondary N) is 1. The predicted molar refractivity (Wildman–Crippen MR) is 64.4 cm³/mol. The molecule has 0 amide bonds. The fraction of sp³-hybridized carbons (Fsp3) is 0.417. The van der Waals surface area contributed by atoms with E-state index < -0.39 is 0 Å². The summed E-state index contributed by atoms with van der Waals surface area (Å²) in [6, 6.07) is 5.29. The first-order valence-corrected chi connectivity index (χ1v) is 6.35. The molecule has 1 fully saturated rings. The molecule has 1 aliphatic heterocycles. The molecule has 0 aliphatic carbocycles. The minimum atomic E-state index is -0.180. The van der Waals surface area contributed by atoms with E-state index in [9.17, 15) is 4.39 Å². The number of nitrogens with zero attached hydrogens (tertiary/aromatic N) is 1. The third-order valence-electron chi connectivity index (χ3n) is 3.21. The molecule has 2 aromatic rings. The van der Waals surface area contributed by atoms with Gasteiger partial charge >= 0.3 is 0 Å². The Hall–Kier alpha value is -1.000. The maximum Gasteiger partial charge on any atom is 0.124 e. The second kappa shape index (κ2) is 3.79. The molecule has 0 bridgehead atoms. The van der Waals surface area contributed by atoms with Gasteiger partial charge in [0.25, 0.3) is 0 Å². The van der Waals surface area contributed by atoms with Crippen LogP contribution in [0.5, 0.6) is 0 Å². The average molecular weight is 236 g/mol. The second-order valence-corrected chi connectivity index (χ2v) is 5.36. The third kappa shape index (κ3) is 1.62. The van der Waals surface area contributed by atoms with E-state index in [-0.39, 0.29) is 5.82 Å². The summed E-state index contributed by atoms with van der Waals surface area (Å²) in [5, 5.41) is 4.55. The maximum atomic E-state index is 13.1. The lowest BCUT2D eigenvalue weighted by Crippen LogP contribution is -2.21. The van der Waals surface area contributed by atoms with Gasteiger partial charge in [-0.05, 0) is 38.1 Å². The normalized spacial score (nSPS) is 25.4. The first-order valence-electron chi connectivity index (χ1n) is 5.53. The molecule has 2 nitrogen and oxygen atoms in total. The van der Waals surface area contributed by atoms with Crippen LogP contribution < -0.4 is 5.32 Å². The van der Waals surface area contributed by atoms with Crippen LogP contribution in [0.4, 0.5) is 4.39 Å². The summed E-state index contributed by atoms with van der Waals surface area (Å²) in [5.41, 5.74) is 0.917. The van der Waals surface area contributed by atoms with Crippen molar-refractivity contribution < 1.29 is 4.39 Å². The van der Waals surface area contributed by atoms with Crippen LogP contribution in [-0.4, -0.2) is 17.6 Å². The lowest BCUT2D eigenvalue weighted by atomic mass is 10.0. The highest BCUT2D eigenvalue weighted by atomic mass is 32.1. The highest BCUT2D eigenvalue weighted by Gasteiger charge is 2.27. The quantitative estimate of drug-likeness (QED) is 0.823. The molecule has 3 rings (SSSR count). The average Bonchev–Trinajstić information content (AvgIpc) is 2.82. The standard InChI is InChI=1S/C12H13FN2S/c1-7-9(4-5-14-7)12-15-10-3-2-8(13)6-11(10)16-12/h2-3,6-7,9,14H,4-5H2,1H3. The van der Waals surface area contributed by atoms with E-state index in [1.54, 1.807) is 23.5 Å². The van der Waals surface area contributed by atoms with Crippen LogP contribution in [0.2, 0.25) is 0 Å². The molecule has 0 spiro atoms. The zero-order chi connectivity index (χ0) is 11.1. The summed E-state index contributed by atoms with van der Waals surface area (Å²) in [4.78, 5) is 4.60. The van der Waals surface area contributed by atoms with E-state index in [2.05, 4.69) is 17.2 Å². The molecule has 1 aliphatic rings. The molecule has 1 aromatic carbocycles. The third-order valence-corrected chi connectivity index (χ3v) is 4.36. The van der Waals surface area contributed by atoms with E-state index >= 15 is 0 Å². The topological polar surface area (TPSA) is 24.9 Å². The van der Waals surface area contributed by atoms with Gasteiger partial charge in [0, 0.05) is 12.0 Å². The molecule has 4 heteroatoms. The predicted octanol–water partition coefficient (Wildman–Crippen LogP) is 2.90. The summed E-state index contributed by atoms with van der Waals surface area (Å²) in [6.45, 7) is 3.24. The summed E-state index contributed by atoms with van der Waals surface area (Å²) in [6.07, 6.45) is 1.13. The molecular weight excluding hydrogens is 223 g/mol. The Morgan fingerprint density at radius 2 is 2.38 bits per heavy atom. The lowest BCUT2D eigenvalue weighted by Gasteiger charge is -2.10. The van der Waals surface area contributed by atoms with Gasteiger partial charge in [0.2, 0.25) is 0 Å². The van der Waals surface area contributed by atoms with Crippen LogP contribution in [0.1, 0.15) is 24.3 Å². The SMILES string of the molecule is CC1NCCC1c1nc2ccc(F)cc2s1. The maximum absolute atomic E-state index is 13.1. The number of thiazole rings is 1. The highest BCUT2D eigenvalue weighted by Crippen LogP contribution is 2.33. The smallest absolute Gasteiger partial charge is 0.124 e. The summed E-state index contributed by atoms with van der Waals surface area (Å²) >= 11 is 1.62. The number of hydrogen-bond acceptors (Lipinski definition) is 3. The lowest BCUT2D eigenvalue weighted by molar-refractivity contribution is 0.592. The molecule has 2 unspecified atom stereocenters. The van der Waals surface area contributed by atoms with Crippen LogP contribution >= 0.6 is 11.3 Å². The molecule has 16 heavy (non-hydrogen) atoms. The van der Waals surface area contributed by atoms with Crippen molar-refractivity contribution in [3.8, 4) is 0 Å². The van der Waals surface area contributed by atoms with Crippen LogP contribution in [0.25, 0.3) is 10.2 Å². The molecule has 2 heterocycles. The van der Waals surface area contributed by atoms with Crippen molar-refractivity contribution in [2.45, 2.75) is 25.3 Å². The number of hydrogen-bond donors (Lipinski definition) is 1. The Bertz CT molecular complexity index is 523. The summed E-state index contributed by atoms with van der Waals surface area (Å²) in [5.74, 6) is 0.306. The van der Waals surface area contributed by atoms with Crippen molar-refractivity contribution in [1.82, 2.24) is 10.3 Å². The fourth-order valence-electron chi connectivity index (χ4n) is 2.27. The second-order valence-electron chi connectivity index (χ2n) is 4.30. The van der Waals surface area contributed by atoms with Gasteiger partial charge in [0.05, 0.1) is 15.2 Å². The van der Waals surface area contributed by atoms with Crippen molar-refractivity contribution in [2.24, 2.45) is 0 Å². The molecule has 0 radical (unpaired) electrons. The number of halogens is 1. The van der Waals surface area contributed by atoms with Gasteiger partial charge < -0.3 is 5.32 Å². The number of rotatable bonds is 1.